The maximum Gasteiger partial charge on any atom is 0.254 e. The summed E-state index contributed by atoms with van der Waals surface area (Å²) in [4.78, 5) is 19.0. The zero-order chi connectivity index (χ0) is 15.2. The van der Waals surface area contributed by atoms with Gasteiger partial charge in [-0.1, -0.05) is 13.3 Å². The number of carbonyl (C=O) groups is 1. The molecule has 1 aromatic heterocycles. The van der Waals surface area contributed by atoms with Crippen LogP contribution in [0.25, 0.3) is 0 Å². The molecule has 1 fully saturated rings. The minimum atomic E-state index is 0.0176. The Hall–Kier alpha value is -2.09. The molecule has 0 aromatic carbocycles. The Labute approximate surface area is 126 Å². The highest BCUT2D eigenvalue weighted by Crippen LogP contribution is 2.29. The van der Waals surface area contributed by atoms with Crippen molar-refractivity contribution in [3.8, 4) is 6.07 Å². The van der Waals surface area contributed by atoms with Gasteiger partial charge in [0.25, 0.3) is 5.91 Å². The summed E-state index contributed by atoms with van der Waals surface area (Å²) in [7, 11) is 1.81. The molecule has 21 heavy (non-hydrogen) atoms. The average molecular weight is 286 g/mol. The quantitative estimate of drug-likeness (QED) is 0.836. The number of amides is 1. The van der Waals surface area contributed by atoms with Crippen LogP contribution in [0.2, 0.25) is 0 Å². The lowest BCUT2D eigenvalue weighted by atomic mass is 10.1. The van der Waals surface area contributed by atoms with Gasteiger partial charge < -0.3 is 10.2 Å². The van der Waals surface area contributed by atoms with E-state index in [1.807, 2.05) is 11.0 Å². The number of pyridine rings is 1. The molecule has 0 radical (unpaired) electrons. The highest BCUT2D eigenvalue weighted by atomic mass is 16.2. The topological polar surface area (TPSA) is 69.0 Å². The van der Waals surface area contributed by atoms with Crippen molar-refractivity contribution in [2.24, 2.45) is 0 Å². The number of nitrogens with zero attached hydrogens (tertiary/aromatic N) is 3. The van der Waals surface area contributed by atoms with Crippen molar-refractivity contribution in [3.63, 3.8) is 0 Å². The van der Waals surface area contributed by atoms with Gasteiger partial charge in [0, 0.05) is 30.9 Å². The van der Waals surface area contributed by atoms with Crippen LogP contribution in [0.1, 0.15) is 48.7 Å². The van der Waals surface area contributed by atoms with E-state index in [4.69, 9.17) is 5.26 Å². The lowest BCUT2D eigenvalue weighted by molar-refractivity contribution is 0.0746. The smallest absolute Gasteiger partial charge is 0.254 e. The fourth-order valence-corrected chi connectivity index (χ4v) is 2.40. The van der Waals surface area contributed by atoms with Gasteiger partial charge in [-0.15, -0.1) is 0 Å². The van der Waals surface area contributed by atoms with Crippen molar-refractivity contribution in [2.75, 3.05) is 18.9 Å². The van der Waals surface area contributed by atoms with Crippen LogP contribution in [0.5, 0.6) is 0 Å². The second-order valence-electron chi connectivity index (χ2n) is 5.37. The molecule has 1 aliphatic carbocycles. The molecule has 0 aliphatic heterocycles. The standard InChI is InChI=1S/C16H22N4O/c1-3-5-13-10-12(11-15(18-2)19-13)16(21)20(9-4-8-17)14-6-7-14/h10-11,14H,3-7,9H2,1-2H3,(H,18,19). The first-order valence-electron chi connectivity index (χ1n) is 7.56. The summed E-state index contributed by atoms with van der Waals surface area (Å²) in [6.45, 7) is 2.61. The number of nitrogens with one attached hydrogen (secondary N) is 1. The number of aryl methyl sites for hydroxylation is 1. The van der Waals surface area contributed by atoms with Crippen LogP contribution in [0.4, 0.5) is 5.82 Å². The Morgan fingerprint density at radius 1 is 1.52 bits per heavy atom. The summed E-state index contributed by atoms with van der Waals surface area (Å²) in [6, 6.07) is 6.11. The van der Waals surface area contributed by atoms with Crippen LogP contribution >= 0.6 is 0 Å². The van der Waals surface area contributed by atoms with Gasteiger partial charge in [-0.2, -0.15) is 5.26 Å². The second kappa shape index (κ2) is 7.07. The fourth-order valence-electron chi connectivity index (χ4n) is 2.40. The van der Waals surface area contributed by atoms with Gasteiger partial charge in [0.15, 0.2) is 0 Å². The predicted molar refractivity (Wildman–Crippen MR) is 82.1 cm³/mol. The van der Waals surface area contributed by atoms with Crippen molar-refractivity contribution in [1.29, 1.82) is 5.26 Å². The molecule has 112 valence electrons. The minimum absolute atomic E-state index is 0.0176. The van der Waals surface area contributed by atoms with E-state index >= 15 is 0 Å². The zero-order valence-corrected chi connectivity index (χ0v) is 12.7. The maximum absolute atomic E-state index is 12.7. The van der Waals surface area contributed by atoms with E-state index in [-0.39, 0.29) is 5.91 Å². The van der Waals surface area contributed by atoms with Crippen molar-refractivity contribution >= 4 is 11.7 Å². The molecular formula is C16H22N4O. The Balaban J connectivity index is 2.23. The number of nitriles is 1. The first-order valence-corrected chi connectivity index (χ1v) is 7.56. The lowest BCUT2D eigenvalue weighted by Crippen LogP contribution is -2.34. The van der Waals surface area contributed by atoms with Gasteiger partial charge in [0.05, 0.1) is 12.5 Å². The van der Waals surface area contributed by atoms with E-state index in [1.54, 1.807) is 13.1 Å². The second-order valence-corrected chi connectivity index (χ2v) is 5.37. The largest absolute Gasteiger partial charge is 0.373 e. The fraction of sp³-hybridized carbons (Fsp3) is 0.562. The van der Waals surface area contributed by atoms with Gasteiger partial charge in [0.1, 0.15) is 5.82 Å². The molecule has 5 heteroatoms. The number of hydrogen-bond acceptors (Lipinski definition) is 4. The van der Waals surface area contributed by atoms with Crippen molar-refractivity contribution in [2.45, 2.75) is 45.1 Å². The summed E-state index contributed by atoms with van der Waals surface area (Å²) in [5, 5.41) is 11.8. The summed E-state index contributed by atoms with van der Waals surface area (Å²) in [6.07, 6.45) is 4.33. The molecule has 5 nitrogen and oxygen atoms in total. The van der Waals surface area contributed by atoms with Crippen LogP contribution in [0.15, 0.2) is 12.1 Å². The summed E-state index contributed by atoms with van der Waals surface area (Å²) >= 11 is 0. The van der Waals surface area contributed by atoms with Crippen LogP contribution in [0.3, 0.4) is 0 Å². The molecule has 0 atom stereocenters. The predicted octanol–water partition coefficient (Wildman–Crippen LogP) is 2.59. The number of aromatic nitrogens is 1. The van der Waals surface area contributed by atoms with Crippen LogP contribution in [-0.2, 0) is 6.42 Å². The highest BCUT2D eigenvalue weighted by molar-refractivity contribution is 5.95. The molecule has 1 N–H and O–H groups in total. The van der Waals surface area contributed by atoms with E-state index < -0.39 is 0 Å². The van der Waals surface area contributed by atoms with Gasteiger partial charge in [-0.25, -0.2) is 4.98 Å². The Bertz CT molecular complexity index is 546. The molecule has 1 amide bonds. The Morgan fingerprint density at radius 2 is 2.29 bits per heavy atom. The first-order chi connectivity index (χ1) is 10.2. The minimum Gasteiger partial charge on any atom is -0.373 e. The highest BCUT2D eigenvalue weighted by Gasteiger charge is 2.32. The van der Waals surface area contributed by atoms with Gasteiger partial charge in [-0.05, 0) is 31.4 Å². The molecule has 1 saturated carbocycles. The SMILES string of the molecule is CCCc1cc(C(=O)N(CCC#N)C2CC2)cc(NC)n1. The Kier molecular flexibility index (Phi) is 5.15. The van der Waals surface area contributed by atoms with E-state index in [1.165, 1.54) is 0 Å². The van der Waals surface area contributed by atoms with E-state index in [0.717, 1.165) is 37.2 Å². The molecule has 0 spiro atoms. The van der Waals surface area contributed by atoms with E-state index in [2.05, 4.69) is 23.3 Å². The number of carbonyl (C=O) groups excluding carboxylic acids is 1. The van der Waals surface area contributed by atoms with Crippen molar-refractivity contribution < 1.29 is 4.79 Å². The lowest BCUT2D eigenvalue weighted by Gasteiger charge is -2.21. The molecule has 0 unspecified atom stereocenters. The molecule has 0 bridgehead atoms. The summed E-state index contributed by atoms with van der Waals surface area (Å²) in [5.41, 5.74) is 1.60. The van der Waals surface area contributed by atoms with Gasteiger partial charge >= 0.3 is 0 Å². The average Bonchev–Trinajstić information content (AvgIpc) is 3.32. The zero-order valence-electron chi connectivity index (χ0n) is 12.7. The summed E-state index contributed by atoms with van der Waals surface area (Å²) in [5.74, 6) is 0.740. The normalized spacial score (nSPS) is 13.6. The van der Waals surface area contributed by atoms with E-state index in [0.29, 0.717) is 24.6 Å². The van der Waals surface area contributed by atoms with Crippen LogP contribution in [0, 0.1) is 11.3 Å². The maximum atomic E-state index is 12.7. The van der Waals surface area contributed by atoms with Crippen molar-refractivity contribution in [1.82, 2.24) is 9.88 Å². The molecule has 2 rings (SSSR count). The molecule has 1 aliphatic rings. The Morgan fingerprint density at radius 3 is 2.86 bits per heavy atom. The number of anilines is 1. The summed E-state index contributed by atoms with van der Waals surface area (Å²) < 4.78 is 0. The molecular weight excluding hydrogens is 264 g/mol. The van der Waals surface area contributed by atoms with Gasteiger partial charge in [0.2, 0.25) is 0 Å². The molecule has 1 heterocycles. The third-order valence-electron chi connectivity index (χ3n) is 3.60. The van der Waals surface area contributed by atoms with Crippen LogP contribution in [-0.4, -0.2) is 35.4 Å². The third-order valence-corrected chi connectivity index (χ3v) is 3.60. The van der Waals surface area contributed by atoms with Crippen LogP contribution < -0.4 is 5.32 Å². The van der Waals surface area contributed by atoms with Gasteiger partial charge in [-0.3, -0.25) is 4.79 Å². The monoisotopic (exact) mass is 286 g/mol. The third kappa shape index (κ3) is 3.94. The first kappa shape index (κ1) is 15.3. The van der Waals surface area contributed by atoms with Crippen molar-refractivity contribution in [3.05, 3.63) is 23.4 Å². The molecule has 0 saturated heterocycles. The number of hydrogen-bond donors (Lipinski definition) is 1. The van der Waals surface area contributed by atoms with E-state index in [9.17, 15) is 4.79 Å². The molecule has 1 aromatic rings. The number of rotatable bonds is 7.